The highest BCUT2D eigenvalue weighted by molar-refractivity contribution is 5.87. The molecule has 4 saturated carbocycles. The number of rotatable bonds is 2. The molecule has 3 nitrogen and oxygen atoms in total. The summed E-state index contributed by atoms with van der Waals surface area (Å²) >= 11 is 0. The molecule has 4 aliphatic rings. The summed E-state index contributed by atoms with van der Waals surface area (Å²) in [4.78, 5) is 12.5. The number of ether oxygens (including phenoxy) is 2. The van der Waals surface area contributed by atoms with Crippen LogP contribution in [0.5, 0.6) is 0 Å². The Morgan fingerprint density at radius 1 is 0.917 bits per heavy atom. The summed E-state index contributed by atoms with van der Waals surface area (Å²) in [5, 5.41) is 0. The number of fused-ring (bicyclic) bond motifs is 5. The predicted molar refractivity (Wildman–Crippen MR) is 93.5 cm³/mol. The van der Waals surface area contributed by atoms with Gasteiger partial charge in [-0.15, -0.1) is 0 Å². The van der Waals surface area contributed by atoms with Crippen LogP contribution in [0, 0.1) is 34.5 Å². The zero-order chi connectivity index (χ0) is 17.2. The molecule has 4 rings (SSSR count). The molecule has 6 atom stereocenters. The maximum atomic E-state index is 12.5. The normalized spacial score (nSPS) is 50.1. The van der Waals surface area contributed by atoms with Crippen molar-refractivity contribution in [3.8, 4) is 0 Å². The summed E-state index contributed by atoms with van der Waals surface area (Å²) in [6, 6.07) is 0. The summed E-state index contributed by atoms with van der Waals surface area (Å²) in [7, 11) is 3.60. The fourth-order valence-corrected chi connectivity index (χ4v) is 7.42. The SMILES string of the molecule is COC1(OC)CC[C@@]2(C)[C@@H](CC[C@H]3[C@H]4CCC(=O)[C@@]4(C)CC[C@@H]32)C1. The van der Waals surface area contributed by atoms with Gasteiger partial charge in [0, 0.05) is 38.9 Å². The molecule has 0 aromatic carbocycles. The number of ketones is 1. The van der Waals surface area contributed by atoms with Crippen molar-refractivity contribution >= 4 is 5.78 Å². The van der Waals surface area contributed by atoms with E-state index in [9.17, 15) is 4.79 Å². The first-order valence-electron chi connectivity index (χ1n) is 10.0. The lowest BCUT2D eigenvalue weighted by molar-refractivity contribution is -0.261. The van der Waals surface area contributed by atoms with Gasteiger partial charge in [0.1, 0.15) is 5.78 Å². The minimum Gasteiger partial charge on any atom is -0.353 e. The third-order valence-corrected chi connectivity index (χ3v) is 9.12. The van der Waals surface area contributed by atoms with E-state index in [1.54, 1.807) is 14.2 Å². The van der Waals surface area contributed by atoms with Crippen molar-refractivity contribution in [3.63, 3.8) is 0 Å². The number of hydrogen-bond acceptors (Lipinski definition) is 3. The summed E-state index contributed by atoms with van der Waals surface area (Å²) in [6.45, 7) is 4.82. The molecule has 0 radical (unpaired) electrons. The van der Waals surface area contributed by atoms with Gasteiger partial charge >= 0.3 is 0 Å². The average molecular weight is 335 g/mol. The zero-order valence-electron chi connectivity index (χ0n) is 15.9. The lowest BCUT2D eigenvalue weighted by Crippen LogP contribution is -2.56. The van der Waals surface area contributed by atoms with E-state index >= 15 is 0 Å². The van der Waals surface area contributed by atoms with Crippen molar-refractivity contribution in [1.82, 2.24) is 0 Å². The second kappa shape index (κ2) is 5.54. The van der Waals surface area contributed by atoms with Crippen LogP contribution in [0.2, 0.25) is 0 Å². The molecule has 0 spiro atoms. The molecule has 0 amide bonds. The van der Waals surface area contributed by atoms with Crippen LogP contribution in [0.4, 0.5) is 0 Å². The van der Waals surface area contributed by atoms with Crippen molar-refractivity contribution in [2.24, 2.45) is 34.5 Å². The van der Waals surface area contributed by atoms with E-state index in [4.69, 9.17) is 9.47 Å². The zero-order valence-corrected chi connectivity index (χ0v) is 15.9. The first-order valence-corrected chi connectivity index (χ1v) is 10.0. The maximum Gasteiger partial charge on any atom is 0.167 e. The average Bonchev–Trinajstić information content (AvgIpc) is 2.90. The first kappa shape index (κ1) is 17.0. The minimum atomic E-state index is -0.358. The van der Waals surface area contributed by atoms with E-state index in [2.05, 4.69) is 13.8 Å². The lowest BCUT2D eigenvalue weighted by atomic mass is 9.45. The van der Waals surface area contributed by atoms with Gasteiger partial charge in [0.05, 0.1) is 0 Å². The fourth-order valence-electron chi connectivity index (χ4n) is 7.42. The lowest BCUT2D eigenvalue weighted by Gasteiger charge is -2.61. The van der Waals surface area contributed by atoms with Crippen LogP contribution in [0.1, 0.15) is 71.6 Å². The molecule has 24 heavy (non-hydrogen) atoms. The summed E-state index contributed by atoms with van der Waals surface area (Å²) in [6.07, 6.45) is 10.2. The largest absolute Gasteiger partial charge is 0.353 e. The Morgan fingerprint density at radius 2 is 1.67 bits per heavy atom. The summed E-state index contributed by atoms with van der Waals surface area (Å²) in [5.41, 5.74) is 0.415. The molecule has 4 aliphatic carbocycles. The number of carbonyl (C=O) groups excluding carboxylic acids is 1. The molecule has 0 aromatic heterocycles. The van der Waals surface area contributed by atoms with Crippen molar-refractivity contribution in [2.75, 3.05) is 14.2 Å². The standard InChI is InChI=1S/C21H34O3/c1-19-11-12-21(23-3,24-4)13-14(19)5-6-15-16-7-8-18(22)20(16,2)10-9-17(15)19/h14-17H,5-13H2,1-4H3/t14-,15-,16+,17-,19-,20-/m0/s1. The van der Waals surface area contributed by atoms with Crippen LogP contribution in [0.25, 0.3) is 0 Å². The van der Waals surface area contributed by atoms with Crippen molar-refractivity contribution < 1.29 is 14.3 Å². The van der Waals surface area contributed by atoms with Gasteiger partial charge in [0.15, 0.2) is 5.79 Å². The maximum absolute atomic E-state index is 12.5. The molecule has 4 fully saturated rings. The highest BCUT2D eigenvalue weighted by Gasteiger charge is 2.61. The van der Waals surface area contributed by atoms with Gasteiger partial charge in [0.25, 0.3) is 0 Å². The number of carbonyl (C=O) groups is 1. The summed E-state index contributed by atoms with van der Waals surface area (Å²) in [5.74, 6) is 3.12. The molecule has 0 heterocycles. The summed E-state index contributed by atoms with van der Waals surface area (Å²) < 4.78 is 11.6. The predicted octanol–water partition coefficient (Wildman–Crippen LogP) is 4.59. The van der Waals surface area contributed by atoms with E-state index in [0.717, 1.165) is 43.9 Å². The number of hydrogen-bond donors (Lipinski definition) is 0. The second-order valence-electron chi connectivity index (χ2n) is 9.60. The third kappa shape index (κ3) is 2.13. The highest BCUT2D eigenvalue weighted by atomic mass is 16.7. The fraction of sp³-hybridized carbons (Fsp3) is 0.952. The smallest absolute Gasteiger partial charge is 0.167 e. The topological polar surface area (TPSA) is 35.5 Å². The van der Waals surface area contributed by atoms with Crippen LogP contribution in [0.3, 0.4) is 0 Å². The molecular weight excluding hydrogens is 300 g/mol. The van der Waals surface area contributed by atoms with Crippen molar-refractivity contribution in [1.29, 1.82) is 0 Å². The monoisotopic (exact) mass is 334 g/mol. The minimum absolute atomic E-state index is 0.00183. The number of Topliss-reactive ketones (excluding diaryl/α,β-unsaturated/α-hetero) is 1. The molecule has 0 saturated heterocycles. The van der Waals surface area contributed by atoms with Crippen molar-refractivity contribution in [3.05, 3.63) is 0 Å². The third-order valence-electron chi connectivity index (χ3n) is 9.12. The Labute approximate surface area is 146 Å². The van der Waals surface area contributed by atoms with Gasteiger partial charge in [0.2, 0.25) is 0 Å². The Bertz CT molecular complexity index is 525. The molecular formula is C21H34O3. The van der Waals surface area contributed by atoms with Crippen LogP contribution in [-0.2, 0) is 14.3 Å². The molecule has 0 aromatic rings. The van der Waals surface area contributed by atoms with Crippen LogP contribution < -0.4 is 0 Å². The first-order chi connectivity index (χ1) is 11.4. The van der Waals surface area contributed by atoms with E-state index < -0.39 is 0 Å². The van der Waals surface area contributed by atoms with Gasteiger partial charge in [-0.2, -0.15) is 0 Å². The van der Waals surface area contributed by atoms with E-state index in [1.165, 1.54) is 25.7 Å². The number of methoxy groups -OCH3 is 2. The molecule has 136 valence electrons. The molecule has 0 N–H and O–H groups in total. The van der Waals surface area contributed by atoms with Crippen LogP contribution in [-0.4, -0.2) is 25.8 Å². The van der Waals surface area contributed by atoms with Crippen molar-refractivity contribution in [2.45, 2.75) is 77.4 Å². The van der Waals surface area contributed by atoms with Gasteiger partial charge in [-0.25, -0.2) is 0 Å². The molecule has 0 unspecified atom stereocenters. The van der Waals surface area contributed by atoms with E-state index in [1.807, 2.05) is 0 Å². The molecule has 3 heteroatoms. The van der Waals surface area contributed by atoms with Crippen LogP contribution >= 0.6 is 0 Å². The second-order valence-corrected chi connectivity index (χ2v) is 9.60. The quantitative estimate of drug-likeness (QED) is 0.693. The van der Waals surface area contributed by atoms with Crippen LogP contribution in [0.15, 0.2) is 0 Å². The van der Waals surface area contributed by atoms with Gasteiger partial charge in [-0.1, -0.05) is 13.8 Å². The Morgan fingerprint density at radius 3 is 2.38 bits per heavy atom. The highest BCUT2D eigenvalue weighted by Crippen LogP contribution is 2.66. The van der Waals surface area contributed by atoms with Gasteiger partial charge in [-0.3, -0.25) is 4.79 Å². The molecule has 0 bridgehead atoms. The molecule has 0 aliphatic heterocycles. The Kier molecular flexibility index (Phi) is 3.93. The van der Waals surface area contributed by atoms with Gasteiger partial charge < -0.3 is 9.47 Å². The van der Waals surface area contributed by atoms with E-state index in [0.29, 0.717) is 23.0 Å². The Balaban J connectivity index is 1.60. The Hall–Kier alpha value is -0.410. The van der Waals surface area contributed by atoms with E-state index in [-0.39, 0.29) is 11.2 Å². The van der Waals surface area contributed by atoms with Gasteiger partial charge in [-0.05, 0) is 67.6 Å².